The van der Waals surface area contributed by atoms with Crippen LogP contribution in [0.2, 0.25) is 0 Å². The van der Waals surface area contributed by atoms with E-state index in [0.29, 0.717) is 13.1 Å². The molecule has 3 aromatic carbocycles. The van der Waals surface area contributed by atoms with Crippen LogP contribution in [0.4, 0.5) is 9.59 Å². The van der Waals surface area contributed by atoms with Crippen molar-refractivity contribution in [2.45, 2.75) is 71.5 Å². The van der Waals surface area contributed by atoms with Crippen molar-refractivity contribution >= 4 is 30.2 Å². The number of ether oxygens (including phenoxy) is 2. The first-order valence-corrected chi connectivity index (χ1v) is 21.5. The lowest BCUT2D eigenvalue weighted by Gasteiger charge is -2.29. The summed E-state index contributed by atoms with van der Waals surface area (Å²) in [5.41, 5.74) is 7.37. The van der Waals surface area contributed by atoms with Crippen molar-refractivity contribution in [1.82, 2.24) is 35.1 Å². The Morgan fingerprint density at radius 3 is 1.60 bits per heavy atom. The molecule has 2 fully saturated rings. The van der Waals surface area contributed by atoms with Gasteiger partial charge in [-0.15, -0.1) is 0 Å². The molecule has 63 heavy (non-hydrogen) atoms. The summed E-state index contributed by atoms with van der Waals surface area (Å²) in [6.45, 7) is 8.88. The molecule has 7 rings (SSSR count). The number of methoxy groups -OCH3 is 2. The molecule has 4 atom stereocenters. The van der Waals surface area contributed by atoms with Crippen LogP contribution in [0, 0.1) is 29.6 Å². The van der Waals surface area contributed by atoms with E-state index in [0.717, 1.165) is 82.1 Å². The molecule has 2 aromatic heterocycles. The van der Waals surface area contributed by atoms with E-state index in [1.807, 2.05) is 98.4 Å². The van der Waals surface area contributed by atoms with Crippen LogP contribution in [0.3, 0.4) is 0 Å². The molecule has 4 heterocycles. The molecule has 14 nitrogen and oxygen atoms in total. The minimum atomic E-state index is -0.727. The Hall–Kier alpha value is -7.01. The van der Waals surface area contributed by atoms with E-state index in [4.69, 9.17) is 14.7 Å². The van der Waals surface area contributed by atoms with Gasteiger partial charge in [-0.25, -0.2) is 19.6 Å². The second-order valence-electron chi connectivity index (χ2n) is 16.6. The van der Waals surface area contributed by atoms with Gasteiger partial charge in [0.05, 0.1) is 43.6 Å². The minimum absolute atomic E-state index is 0.0453. The quantitative estimate of drug-likeness (QED) is 0.0878. The summed E-state index contributed by atoms with van der Waals surface area (Å²) in [6, 6.07) is 23.3. The zero-order valence-electron chi connectivity index (χ0n) is 36.6. The van der Waals surface area contributed by atoms with Gasteiger partial charge in [0.1, 0.15) is 17.7 Å². The van der Waals surface area contributed by atoms with Crippen LogP contribution < -0.4 is 5.32 Å². The highest BCUT2D eigenvalue weighted by Crippen LogP contribution is 2.35. The first-order valence-electron chi connectivity index (χ1n) is 21.5. The predicted octanol–water partition coefficient (Wildman–Crippen LogP) is 8.35. The summed E-state index contributed by atoms with van der Waals surface area (Å²) < 4.78 is 9.38. The molecule has 0 bridgehead atoms. The summed E-state index contributed by atoms with van der Waals surface area (Å²) in [4.78, 5) is 74.5. The molecule has 0 aliphatic carbocycles. The first-order chi connectivity index (χ1) is 30.4. The number of alkyl carbamates (subject to hydrolysis) is 1. The number of likely N-dealkylation sites (tertiary alicyclic amines) is 2. The molecule has 0 spiro atoms. The molecular weight excluding hydrogens is 797 g/mol. The maximum atomic E-state index is 13.6. The number of imidazole rings is 2. The van der Waals surface area contributed by atoms with Crippen LogP contribution in [0.1, 0.15) is 88.2 Å². The van der Waals surface area contributed by atoms with E-state index >= 15 is 0 Å². The average Bonchev–Trinajstić information content (AvgIpc) is 4.15. The van der Waals surface area contributed by atoms with E-state index in [9.17, 15) is 19.2 Å². The number of H-pyrrole nitrogens is 2. The number of amides is 4. The number of aromatic amines is 2. The average molecular weight is 851 g/mol. The molecular formula is C49H54N8O6. The zero-order chi connectivity index (χ0) is 44.6. The molecule has 14 heteroatoms. The van der Waals surface area contributed by atoms with Gasteiger partial charge in [0.15, 0.2) is 0 Å². The Kier molecular flexibility index (Phi) is 13.8. The highest BCUT2D eigenvalue weighted by molar-refractivity contribution is 5.97. The fourth-order valence-electron chi connectivity index (χ4n) is 8.17. The maximum Gasteiger partial charge on any atom is 0.432 e. The van der Waals surface area contributed by atoms with Gasteiger partial charge in [-0.3, -0.25) is 9.59 Å². The number of rotatable bonds is 11. The fourth-order valence-corrected chi connectivity index (χ4v) is 8.17. The van der Waals surface area contributed by atoms with Gasteiger partial charge in [-0.05, 0) is 72.9 Å². The highest BCUT2D eigenvalue weighted by atomic mass is 16.5. The van der Waals surface area contributed by atoms with Crippen LogP contribution in [0.5, 0.6) is 0 Å². The summed E-state index contributed by atoms with van der Waals surface area (Å²) in [7, 11) is 2.55. The number of nitrogens with zero attached hydrogens (tertiary/aromatic N) is 5. The van der Waals surface area contributed by atoms with Crippen molar-refractivity contribution in [2.75, 3.05) is 27.3 Å². The number of hydrogen-bond acceptors (Lipinski definition) is 8. The molecule has 2 aliphatic heterocycles. The van der Waals surface area contributed by atoms with E-state index in [-0.39, 0.29) is 35.7 Å². The molecule has 2 aliphatic rings. The molecule has 5 aromatic rings. The van der Waals surface area contributed by atoms with E-state index in [1.54, 1.807) is 0 Å². The van der Waals surface area contributed by atoms with Crippen LogP contribution in [-0.4, -0.2) is 93.3 Å². The molecule has 0 radical (unpaired) electrons. The van der Waals surface area contributed by atoms with Gasteiger partial charge in [-0.1, -0.05) is 88.1 Å². The van der Waals surface area contributed by atoms with Gasteiger partial charge >= 0.3 is 12.2 Å². The standard InChI is InChI=1S/C49H54N8O6/c1-30(2)38(27-52-48(60)62-5)46(58)56-25-7-9-41(56)44-50-28-39(53-44)36-19-15-33(16-20-36)12-11-32-13-17-34(18-14-32)35-21-23-37(24-22-35)40-29-51-45(54-40)42-10-8-26-57(42)47(59)43(31(3)4)55-49(61)63-6/h13-24,27-31,38,41-43H,7-10,25-26H2,1-6H3,(H,50,53)(H,51,54)(H,55,61)/b52-27+/t38?,41-,42-,43?/m0/s1. The highest BCUT2D eigenvalue weighted by Gasteiger charge is 2.38. The number of nitrogens with one attached hydrogen (secondary N) is 3. The Bertz CT molecular complexity index is 2490. The molecule has 0 saturated carbocycles. The van der Waals surface area contributed by atoms with Gasteiger partial charge < -0.3 is 34.6 Å². The number of hydrogen-bond donors (Lipinski definition) is 3. The first kappa shape index (κ1) is 44.1. The third kappa shape index (κ3) is 10.2. The molecule has 2 saturated heterocycles. The Balaban J connectivity index is 0.954. The summed E-state index contributed by atoms with van der Waals surface area (Å²) in [6.07, 6.45) is 7.07. The maximum absolute atomic E-state index is 13.6. The molecule has 2 unspecified atom stereocenters. The molecule has 3 N–H and O–H groups in total. The Labute approximate surface area is 367 Å². The second-order valence-corrected chi connectivity index (χ2v) is 16.6. The monoisotopic (exact) mass is 850 g/mol. The van der Waals surface area contributed by atoms with E-state index < -0.39 is 24.1 Å². The van der Waals surface area contributed by atoms with Crippen molar-refractivity contribution in [2.24, 2.45) is 22.7 Å². The topological polar surface area (TPSA) is 175 Å². The largest absolute Gasteiger partial charge is 0.453 e. The summed E-state index contributed by atoms with van der Waals surface area (Å²) >= 11 is 0. The fraction of sp³-hybridized carbons (Fsp3) is 0.367. The normalized spacial score (nSPS) is 17.1. The summed E-state index contributed by atoms with van der Waals surface area (Å²) in [5.74, 6) is 7.09. The van der Waals surface area contributed by atoms with Crippen molar-refractivity contribution < 1.29 is 28.7 Å². The zero-order valence-corrected chi connectivity index (χ0v) is 36.6. The number of benzene rings is 3. The van der Waals surface area contributed by atoms with Gasteiger partial charge in [0.25, 0.3) is 0 Å². The predicted molar refractivity (Wildman–Crippen MR) is 240 cm³/mol. The van der Waals surface area contributed by atoms with Gasteiger partial charge in [0, 0.05) is 54.0 Å². The van der Waals surface area contributed by atoms with Gasteiger partial charge in [-0.2, -0.15) is 4.99 Å². The third-order valence-corrected chi connectivity index (χ3v) is 11.7. The van der Waals surface area contributed by atoms with Crippen LogP contribution >= 0.6 is 0 Å². The molecule has 326 valence electrons. The third-order valence-electron chi connectivity index (χ3n) is 11.7. The lowest BCUT2D eigenvalue weighted by Crippen LogP contribution is -2.51. The smallest absolute Gasteiger partial charge is 0.432 e. The van der Waals surface area contributed by atoms with E-state index in [1.165, 1.54) is 20.4 Å². The van der Waals surface area contributed by atoms with Crippen molar-refractivity contribution in [3.63, 3.8) is 0 Å². The minimum Gasteiger partial charge on any atom is -0.453 e. The number of aromatic nitrogens is 4. The van der Waals surface area contributed by atoms with E-state index in [2.05, 4.69) is 61.1 Å². The number of aliphatic imine (C=N–C) groups is 1. The van der Waals surface area contributed by atoms with Crippen molar-refractivity contribution in [3.05, 3.63) is 108 Å². The van der Waals surface area contributed by atoms with Crippen LogP contribution in [0.25, 0.3) is 33.6 Å². The molecule has 4 amide bonds. The Morgan fingerprint density at radius 1 is 0.683 bits per heavy atom. The van der Waals surface area contributed by atoms with Crippen LogP contribution in [0.15, 0.2) is 90.2 Å². The number of carbonyl (C=O) groups excluding carboxylic acids is 4. The lowest BCUT2D eigenvalue weighted by molar-refractivity contribution is -0.136. The SMILES string of the molecule is COC(=O)/N=C/C(C(=O)N1CCC[C@H]1c1nc(-c2ccc(C#Cc3ccc(-c4ccc(-c5c[nH]c([C@@H]6CCCN6C(=O)C(NC(=O)OC)C(C)C)n5)cc4)cc3)cc2)c[nH]1)C(C)C. The van der Waals surface area contributed by atoms with Gasteiger partial charge in [0.2, 0.25) is 11.8 Å². The van der Waals surface area contributed by atoms with Crippen molar-refractivity contribution in [3.8, 4) is 45.5 Å². The van der Waals surface area contributed by atoms with Crippen molar-refractivity contribution in [1.29, 1.82) is 0 Å². The van der Waals surface area contributed by atoms with Crippen LogP contribution in [-0.2, 0) is 19.1 Å². The lowest BCUT2D eigenvalue weighted by atomic mass is 9.95. The number of carbonyl (C=O) groups is 4. The second kappa shape index (κ2) is 19.8. The summed E-state index contributed by atoms with van der Waals surface area (Å²) in [5, 5.41) is 2.70. The Morgan fingerprint density at radius 2 is 1.14 bits per heavy atom.